The van der Waals surface area contributed by atoms with Gasteiger partial charge in [-0.3, -0.25) is 9.59 Å². The Morgan fingerprint density at radius 3 is 2.58 bits per heavy atom. The van der Waals surface area contributed by atoms with E-state index in [2.05, 4.69) is 18.4 Å². The van der Waals surface area contributed by atoms with Crippen molar-refractivity contribution in [3.63, 3.8) is 0 Å². The van der Waals surface area contributed by atoms with Crippen molar-refractivity contribution in [2.24, 2.45) is 0 Å². The molecule has 0 saturated heterocycles. The quantitative estimate of drug-likeness (QED) is 0.609. The molecule has 0 aliphatic heterocycles. The van der Waals surface area contributed by atoms with Crippen LogP contribution in [0.25, 0.3) is 0 Å². The number of carbonyl (C=O) groups is 2. The fraction of sp³-hybridized carbons (Fsp3) is 0.176. The van der Waals surface area contributed by atoms with Crippen LogP contribution in [0.15, 0.2) is 48.6 Å². The lowest BCUT2D eigenvalue weighted by Crippen LogP contribution is -2.16. The Kier molecular flexibility index (Phi) is 4.10. The van der Waals surface area contributed by atoms with E-state index in [1.165, 1.54) is 6.08 Å². The van der Waals surface area contributed by atoms with E-state index in [1.807, 2.05) is 0 Å². The Hall–Kier alpha value is -2.40. The molecule has 0 heterocycles. The molecule has 0 atom stereocenters. The maximum Gasteiger partial charge on any atom is 0.189 e. The van der Waals surface area contributed by atoms with Gasteiger partial charge in [-0.1, -0.05) is 36.3 Å². The molecule has 0 aromatic heterocycles. The van der Waals surface area contributed by atoms with Gasteiger partial charge < -0.3 is 0 Å². The number of hydrogen-bond acceptors (Lipinski definition) is 2. The van der Waals surface area contributed by atoms with Crippen LogP contribution in [0.2, 0.25) is 0 Å². The van der Waals surface area contributed by atoms with Crippen LogP contribution in [0.3, 0.4) is 0 Å². The van der Waals surface area contributed by atoms with Crippen molar-refractivity contribution in [2.75, 3.05) is 0 Å². The predicted octanol–water partition coefficient (Wildman–Crippen LogP) is 3.35. The van der Waals surface area contributed by atoms with E-state index in [0.717, 1.165) is 0 Å². The summed E-state index contributed by atoms with van der Waals surface area (Å²) in [5.41, 5.74) is 1.55. The molecule has 0 saturated carbocycles. The fourth-order valence-corrected chi connectivity index (χ4v) is 1.99. The van der Waals surface area contributed by atoms with E-state index in [9.17, 15) is 9.59 Å². The SMILES string of the molecule is C=CCC#CCCC1=CC(=O)c2ccccc2C1=O. The third-order valence-electron chi connectivity index (χ3n) is 2.92. The lowest BCUT2D eigenvalue weighted by molar-refractivity contribution is 0.0981. The van der Waals surface area contributed by atoms with E-state index < -0.39 is 0 Å². The van der Waals surface area contributed by atoms with Gasteiger partial charge in [0.15, 0.2) is 11.6 Å². The predicted molar refractivity (Wildman–Crippen MR) is 75.0 cm³/mol. The van der Waals surface area contributed by atoms with Crippen molar-refractivity contribution in [3.8, 4) is 11.8 Å². The second-order valence-corrected chi connectivity index (χ2v) is 4.25. The van der Waals surface area contributed by atoms with Gasteiger partial charge in [-0.15, -0.1) is 12.5 Å². The zero-order chi connectivity index (χ0) is 13.7. The molecule has 1 aromatic rings. The summed E-state index contributed by atoms with van der Waals surface area (Å²) in [5, 5.41) is 0. The second-order valence-electron chi connectivity index (χ2n) is 4.25. The molecule has 0 fully saturated rings. The van der Waals surface area contributed by atoms with Gasteiger partial charge in [0.2, 0.25) is 0 Å². The molecule has 1 aliphatic carbocycles. The number of rotatable bonds is 3. The molecule has 2 heteroatoms. The van der Waals surface area contributed by atoms with Gasteiger partial charge in [-0.25, -0.2) is 0 Å². The van der Waals surface area contributed by atoms with Crippen molar-refractivity contribution in [1.82, 2.24) is 0 Å². The van der Waals surface area contributed by atoms with Crippen molar-refractivity contribution < 1.29 is 9.59 Å². The lowest BCUT2D eigenvalue weighted by Gasteiger charge is -2.13. The van der Waals surface area contributed by atoms with E-state index in [-0.39, 0.29) is 11.6 Å². The monoisotopic (exact) mass is 250 g/mol. The molecule has 0 radical (unpaired) electrons. The number of carbonyl (C=O) groups excluding carboxylic acids is 2. The Morgan fingerprint density at radius 1 is 1.11 bits per heavy atom. The second kappa shape index (κ2) is 5.97. The Labute approximate surface area is 112 Å². The minimum absolute atomic E-state index is 0.0549. The highest BCUT2D eigenvalue weighted by Crippen LogP contribution is 2.23. The third kappa shape index (κ3) is 2.89. The zero-order valence-corrected chi connectivity index (χ0v) is 10.6. The molecule has 0 bridgehead atoms. The van der Waals surface area contributed by atoms with Crippen molar-refractivity contribution in [2.45, 2.75) is 19.3 Å². The normalized spacial score (nSPS) is 13.2. The zero-order valence-electron chi connectivity index (χ0n) is 10.6. The number of Topliss-reactive ketones (excluding diaryl/α,β-unsaturated/α-hetero) is 1. The van der Waals surface area contributed by atoms with Gasteiger partial charge in [0.25, 0.3) is 0 Å². The third-order valence-corrected chi connectivity index (χ3v) is 2.92. The highest BCUT2D eigenvalue weighted by atomic mass is 16.1. The smallest absolute Gasteiger partial charge is 0.189 e. The average molecular weight is 250 g/mol. The number of fused-ring (bicyclic) bond motifs is 1. The van der Waals surface area contributed by atoms with Gasteiger partial charge >= 0.3 is 0 Å². The molecular weight excluding hydrogens is 236 g/mol. The molecule has 0 amide bonds. The maximum absolute atomic E-state index is 12.2. The molecule has 0 unspecified atom stereocenters. The number of ketones is 2. The summed E-state index contributed by atoms with van der Waals surface area (Å²) < 4.78 is 0. The van der Waals surface area contributed by atoms with Gasteiger partial charge in [-0.05, 0) is 12.5 Å². The fourth-order valence-electron chi connectivity index (χ4n) is 1.99. The molecule has 19 heavy (non-hydrogen) atoms. The van der Waals surface area contributed by atoms with Crippen LogP contribution in [0.4, 0.5) is 0 Å². The highest BCUT2D eigenvalue weighted by Gasteiger charge is 2.24. The van der Waals surface area contributed by atoms with Crippen LogP contribution in [0.1, 0.15) is 40.0 Å². The first-order valence-electron chi connectivity index (χ1n) is 6.19. The summed E-state index contributed by atoms with van der Waals surface area (Å²) in [6.45, 7) is 3.58. The minimum Gasteiger partial charge on any atom is -0.289 e. The molecular formula is C17H14O2. The van der Waals surface area contributed by atoms with Crippen LogP contribution >= 0.6 is 0 Å². The molecule has 1 aliphatic rings. The lowest BCUT2D eigenvalue weighted by atomic mass is 9.88. The van der Waals surface area contributed by atoms with Crippen LogP contribution in [-0.2, 0) is 0 Å². The number of benzene rings is 1. The Morgan fingerprint density at radius 2 is 1.84 bits per heavy atom. The minimum atomic E-state index is -0.0933. The Bertz CT molecular complexity index is 624. The first-order valence-corrected chi connectivity index (χ1v) is 6.19. The van der Waals surface area contributed by atoms with E-state index >= 15 is 0 Å². The standard InChI is InChI=1S/C17H14O2/c1-2-3-4-5-6-9-13-12-16(18)14-10-7-8-11-15(14)17(13)19/h2,7-8,10-12H,1,3,6,9H2. The highest BCUT2D eigenvalue weighted by molar-refractivity contribution is 6.24. The first kappa shape index (κ1) is 13.0. The van der Waals surface area contributed by atoms with Gasteiger partial charge in [0.05, 0.1) is 0 Å². The van der Waals surface area contributed by atoms with E-state index in [4.69, 9.17) is 0 Å². The van der Waals surface area contributed by atoms with E-state index in [1.54, 1.807) is 30.3 Å². The van der Waals surface area contributed by atoms with E-state index in [0.29, 0.717) is 36.0 Å². The van der Waals surface area contributed by atoms with Crippen molar-refractivity contribution in [3.05, 3.63) is 59.7 Å². The summed E-state index contributed by atoms with van der Waals surface area (Å²) in [5.74, 6) is 5.75. The summed E-state index contributed by atoms with van der Waals surface area (Å²) in [6, 6.07) is 6.93. The average Bonchev–Trinajstić information content (AvgIpc) is 2.44. The van der Waals surface area contributed by atoms with Gasteiger partial charge in [0, 0.05) is 29.5 Å². The Balaban J connectivity index is 2.13. The topological polar surface area (TPSA) is 34.1 Å². The molecule has 1 aromatic carbocycles. The van der Waals surface area contributed by atoms with Crippen LogP contribution in [0.5, 0.6) is 0 Å². The molecule has 94 valence electrons. The van der Waals surface area contributed by atoms with Crippen molar-refractivity contribution in [1.29, 1.82) is 0 Å². The molecule has 0 N–H and O–H groups in total. The van der Waals surface area contributed by atoms with Gasteiger partial charge in [-0.2, -0.15) is 0 Å². The first-order chi connectivity index (χ1) is 9.24. The summed E-state index contributed by atoms with van der Waals surface area (Å²) in [6.07, 6.45) is 4.93. The summed E-state index contributed by atoms with van der Waals surface area (Å²) in [4.78, 5) is 24.1. The number of hydrogen-bond donors (Lipinski definition) is 0. The summed E-state index contributed by atoms with van der Waals surface area (Å²) >= 11 is 0. The number of allylic oxidation sites excluding steroid dienone is 3. The van der Waals surface area contributed by atoms with Crippen LogP contribution < -0.4 is 0 Å². The van der Waals surface area contributed by atoms with Gasteiger partial charge in [0.1, 0.15) is 0 Å². The maximum atomic E-state index is 12.2. The summed E-state index contributed by atoms with van der Waals surface area (Å²) in [7, 11) is 0. The largest absolute Gasteiger partial charge is 0.289 e. The molecule has 2 rings (SSSR count). The van der Waals surface area contributed by atoms with Crippen molar-refractivity contribution >= 4 is 11.6 Å². The molecule has 0 spiro atoms. The van der Waals surface area contributed by atoms with Crippen LogP contribution in [-0.4, -0.2) is 11.6 Å². The molecule has 2 nitrogen and oxygen atoms in total. The van der Waals surface area contributed by atoms with Crippen LogP contribution in [0, 0.1) is 11.8 Å².